The van der Waals surface area contributed by atoms with Gasteiger partial charge in [0.2, 0.25) is 12.6 Å². The Labute approximate surface area is 154 Å². The maximum atomic E-state index is 12.0. The van der Waals surface area contributed by atoms with E-state index >= 15 is 0 Å². The predicted octanol–water partition coefficient (Wildman–Crippen LogP) is 1.33. The number of carbonyl (C=O) groups is 1. The molecule has 0 saturated carbocycles. The van der Waals surface area contributed by atoms with Crippen molar-refractivity contribution in [3.05, 3.63) is 47.5 Å². The quantitative estimate of drug-likeness (QED) is 0.734. The van der Waals surface area contributed by atoms with Crippen molar-refractivity contribution in [3.8, 4) is 23.0 Å². The summed E-state index contributed by atoms with van der Waals surface area (Å²) >= 11 is 0. The number of aliphatic hydroxyl groups is 2. The first-order valence-corrected chi connectivity index (χ1v) is 8.29. The van der Waals surface area contributed by atoms with E-state index in [-0.39, 0.29) is 12.5 Å². The van der Waals surface area contributed by atoms with E-state index in [4.69, 9.17) is 18.9 Å². The van der Waals surface area contributed by atoms with Gasteiger partial charge in [0, 0.05) is 17.5 Å². The van der Waals surface area contributed by atoms with Crippen LogP contribution in [0.1, 0.15) is 17.0 Å². The molecule has 27 heavy (non-hydrogen) atoms. The molecule has 3 N–H and O–H groups in total. The van der Waals surface area contributed by atoms with Gasteiger partial charge < -0.3 is 34.3 Å². The average Bonchev–Trinajstić information content (AvgIpc) is 3.12. The van der Waals surface area contributed by atoms with E-state index in [1.807, 2.05) is 0 Å². The number of methoxy groups -OCH3 is 1. The van der Waals surface area contributed by atoms with Gasteiger partial charge in [0.15, 0.2) is 11.5 Å². The van der Waals surface area contributed by atoms with Gasteiger partial charge >= 0.3 is 5.97 Å². The highest BCUT2D eigenvalue weighted by molar-refractivity contribution is 5.75. The molecule has 2 aliphatic rings. The van der Waals surface area contributed by atoms with Gasteiger partial charge in [-0.1, -0.05) is 12.1 Å². The maximum absolute atomic E-state index is 12.0. The lowest BCUT2D eigenvalue weighted by Gasteiger charge is -2.42. The molecule has 8 heteroatoms. The summed E-state index contributed by atoms with van der Waals surface area (Å²) in [5, 5.41) is 30.3. The largest absolute Gasteiger partial charge is 0.497 e. The molecule has 0 amide bonds. The third-order valence-electron chi connectivity index (χ3n) is 4.91. The molecule has 2 aliphatic heterocycles. The number of carboxylic acids is 1. The van der Waals surface area contributed by atoms with Crippen molar-refractivity contribution < 1.29 is 39.1 Å². The molecule has 0 radical (unpaired) electrons. The van der Waals surface area contributed by atoms with Crippen molar-refractivity contribution >= 4 is 5.97 Å². The molecule has 3 unspecified atom stereocenters. The molecule has 0 bridgehead atoms. The Hall–Kier alpha value is -2.97. The smallest absolute Gasteiger partial charge is 0.314 e. The predicted molar refractivity (Wildman–Crippen MR) is 91.2 cm³/mol. The first-order chi connectivity index (χ1) is 13.0. The molecule has 142 valence electrons. The van der Waals surface area contributed by atoms with Crippen molar-refractivity contribution in [1.82, 2.24) is 0 Å². The normalized spacial score (nSPS) is 25.4. The highest BCUT2D eigenvalue weighted by Crippen LogP contribution is 2.51. The Balaban J connectivity index is 1.92. The maximum Gasteiger partial charge on any atom is 0.314 e. The van der Waals surface area contributed by atoms with Gasteiger partial charge in [0.1, 0.15) is 24.0 Å². The zero-order valence-electron chi connectivity index (χ0n) is 14.4. The van der Waals surface area contributed by atoms with E-state index in [1.54, 1.807) is 30.3 Å². The fourth-order valence-corrected chi connectivity index (χ4v) is 3.61. The zero-order valence-corrected chi connectivity index (χ0v) is 14.4. The SMILES string of the molecule is COc1ccc(C2c3cc4c(cc3OC(O)(CO)C2C(=O)O)OCO4)cc1. The Morgan fingerprint density at radius 2 is 1.85 bits per heavy atom. The van der Waals surface area contributed by atoms with Gasteiger partial charge in [-0.3, -0.25) is 4.79 Å². The second kappa shape index (κ2) is 6.33. The molecular weight excluding hydrogens is 356 g/mol. The second-order valence-corrected chi connectivity index (χ2v) is 6.42. The summed E-state index contributed by atoms with van der Waals surface area (Å²) in [6.45, 7) is -0.845. The van der Waals surface area contributed by atoms with Crippen LogP contribution in [0.25, 0.3) is 0 Å². The van der Waals surface area contributed by atoms with Gasteiger partial charge in [0.25, 0.3) is 0 Å². The zero-order chi connectivity index (χ0) is 19.2. The Morgan fingerprint density at radius 1 is 1.19 bits per heavy atom. The van der Waals surface area contributed by atoms with Gasteiger partial charge in [-0.25, -0.2) is 0 Å². The minimum absolute atomic E-state index is 0.0397. The van der Waals surface area contributed by atoms with Crippen LogP contribution in [0.15, 0.2) is 36.4 Å². The number of fused-ring (bicyclic) bond motifs is 2. The Kier molecular flexibility index (Phi) is 4.09. The monoisotopic (exact) mass is 374 g/mol. The average molecular weight is 374 g/mol. The molecule has 0 fully saturated rings. The second-order valence-electron chi connectivity index (χ2n) is 6.42. The molecular formula is C19H18O8. The highest BCUT2D eigenvalue weighted by Gasteiger charge is 2.54. The molecule has 2 aromatic rings. The minimum atomic E-state index is -2.29. The number of hydrogen-bond acceptors (Lipinski definition) is 7. The minimum Gasteiger partial charge on any atom is -0.497 e. The standard InChI is InChI=1S/C19H18O8/c1-24-11-4-2-10(3-5-11)16-12-6-14-15(26-9-25-14)7-13(12)27-19(23,8-20)17(16)18(21)22/h2-7,16-17,20,23H,8-9H2,1H3,(H,21,22). The summed E-state index contributed by atoms with van der Waals surface area (Å²) < 4.78 is 21.4. The number of aliphatic hydroxyl groups excluding tert-OH is 1. The van der Waals surface area contributed by atoms with E-state index < -0.39 is 30.2 Å². The number of rotatable bonds is 4. The van der Waals surface area contributed by atoms with Crippen LogP contribution in [0.4, 0.5) is 0 Å². The third kappa shape index (κ3) is 2.73. The van der Waals surface area contributed by atoms with Gasteiger partial charge in [0.05, 0.1) is 7.11 Å². The highest BCUT2D eigenvalue weighted by atomic mass is 16.7. The number of aliphatic carboxylic acids is 1. The first kappa shape index (κ1) is 17.4. The van der Waals surface area contributed by atoms with Crippen LogP contribution >= 0.6 is 0 Å². The van der Waals surface area contributed by atoms with Crippen molar-refractivity contribution in [3.63, 3.8) is 0 Å². The first-order valence-electron chi connectivity index (χ1n) is 8.29. The van der Waals surface area contributed by atoms with Crippen LogP contribution < -0.4 is 18.9 Å². The summed E-state index contributed by atoms with van der Waals surface area (Å²) in [5.74, 6) is -4.08. The van der Waals surface area contributed by atoms with Crippen LogP contribution in [0.3, 0.4) is 0 Å². The Bertz CT molecular complexity index is 878. The fourth-order valence-electron chi connectivity index (χ4n) is 3.61. The van der Waals surface area contributed by atoms with E-state index in [0.29, 0.717) is 28.4 Å². The number of ether oxygens (including phenoxy) is 4. The topological polar surface area (TPSA) is 115 Å². The van der Waals surface area contributed by atoms with Crippen molar-refractivity contribution in [2.75, 3.05) is 20.5 Å². The molecule has 2 aromatic carbocycles. The van der Waals surface area contributed by atoms with Crippen molar-refractivity contribution in [1.29, 1.82) is 0 Å². The third-order valence-corrected chi connectivity index (χ3v) is 4.91. The fraction of sp³-hybridized carbons (Fsp3) is 0.316. The van der Waals surface area contributed by atoms with E-state index in [2.05, 4.69) is 0 Å². The van der Waals surface area contributed by atoms with Gasteiger partial charge in [-0.15, -0.1) is 0 Å². The number of hydrogen-bond donors (Lipinski definition) is 3. The van der Waals surface area contributed by atoms with E-state index in [0.717, 1.165) is 0 Å². The molecule has 0 aromatic heterocycles. The van der Waals surface area contributed by atoms with Gasteiger partial charge in [-0.05, 0) is 23.8 Å². The van der Waals surface area contributed by atoms with Crippen LogP contribution in [0.5, 0.6) is 23.0 Å². The lowest BCUT2D eigenvalue weighted by atomic mass is 9.74. The molecule has 0 saturated heterocycles. The van der Waals surface area contributed by atoms with E-state index in [1.165, 1.54) is 13.2 Å². The molecule has 0 aliphatic carbocycles. The summed E-state index contributed by atoms with van der Waals surface area (Å²) in [6, 6.07) is 10.0. The summed E-state index contributed by atoms with van der Waals surface area (Å²) in [4.78, 5) is 12.0. The summed E-state index contributed by atoms with van der Waals surface area (Å²) in [7, 11) is 1.53. The van der Waals surface area contributed by atoms with Crippen LogP contribution in [-0.2, 0) is 4.79 Å². The molecule has 8 nitrogen and oxygen atoms in total. The summed E-state index contributed by atoms with van der Waals surface area (Å²) in [6.07, 6.45) is 0. The molecule has 3 atom stereocenters. The number of carboxylic acid groups (broad SMARTS) is 1. The lowest BCUT2D eigenvalue weighted by Crippen LogP contribution is -2.55. The summed E-state index contributed by atoms with van der Waals surface area (Å²) in [5.41, 5.74) is 1.15. The van der Waals surface area contributed by atoms with Crippen molar-refractivity contribution in [2.45, 2.75) is 11.7 Å². The van der Waals surface area contributed by atoms with Crippen LogP contribution in [0, 0.1) is 5.92 Å². The molecule has 2 heterocycles. The van der Waals surface area contributed by atoms with Crippen LogP contribution in [0.2, 0.25) is 0 Å². The van der Waals surface area contributed by atoms with Gasteiger partial charge in [-0.2, -0.15) is 0 Å². The van der Waals surface area contributed by atoms with Crippen molar-refractivity contribution in [2.24, 2.45) is 5.92 Å². The molecule has 4 rings (SSSR count). The van der Waals surface area contributed by atoms with Crippen LogP contribution in [-0.4, -0.2) is 47.6 Å². The Morgan fingerprint density at radius 3 is 2.44 bits per heavy atom. The lowest BCUT2D eigenvalue weighted by molar-refractivity contribution is -0.220. The number of benzene rings is 2. The van der Waals surface area contributed by atoms with E-state index in [9.17, 15) is 20.1 Å². The molecule has 0 spiro atoms.